The Kier molecular flexibility index (Phi) is 3.23. The zero-order valence-electron chi connectivity index (χ0n) is 15.2. The van der Waals surface area contributed by atoms with E-state index in [0.717, 1.165) is 22.6 Å². The predicted molar refractivity (Wildman–Crippen MR) is 107 cm³/mol. The van der Waals surface area contributed by atoms with Gasteiger partial charge in [0.2, 0.25) is 6.29 Å². The maximum atomic E-state index is 6.13. The van der Waals surface area contributed by atoms with Gasteiger partial charge in [0.05, 0.1) is 0 Å². The molecule has 0 atom stereocenters. The standard InChI is InChI=1S/C24H20O2/c1-14-4-8-19-17(12-14)6-10-21-23(19)24-20-9-5-15(2)13-18(20)7-11-22(24)26-16(3)25-21/h4-13,16H,1-3H3. The van der Waals surface area contributed by atoms with E-state index in [0.29, 0.717) is 0 Å². The van der Waals surface area contributed by atoms with Crippen LogP contribution in [0.15, 0.2) is 60.7 Å². The van der Waals surface area contributed by atoms with Crippen molar-refractivity contribution in [1.29, 1.82) is 0 Å². The van der Waals surface area contributed by atoms with E-state index in [-0.39, 0.29) is 6.29 Å². The van der Waals surface area contributed by atoms with Crippen molar-refractivity contribution in [1.82, 2.24) is 0 Å². The van der Waals surface area contributed by atoms with Crippen LogP contribution in [0.2, 0.25) is 0 Å². The van der Waals surface area contributed by atoms with Crippen LogP contribution in [0.5, 0.6) is 11.5 Å². The SMILES string of the molecule is Cc1ccc2c3c(ccc2c1)OC(C)Oc1ccc2cc(C)ccc2c1-3. The van der Waals surface area contributed by atoms with E-state index in [9.17, 15) is 0 Å². The normalized spacial score (nSPS) is 13.7. The highest BCUT2D eigenvalue weighted by atomic mass is 16.7. The van der Waals surface area contributed by atoms with E-state index in [1.165, 1.54) is 32.7 Å². The van der Waals surface area contributed by atoms with Gasteiger partial charge in [-0.05, 0) is 47.5 Å². The Hall–Kier alpha value is -3.00. The molecule has 0 aromatic heterocycles. The first-order chi connectivity index (χ1) is 12.6. The van der Waals surface area contributed by atoms with Crippen LogP contribution in [0, 0.1) is 13.8 Å². The third-order valence-corrected chi connectivity index (χ3v) is 5.11. The van der Waals surface area contributed by atoms with Gasteiger partial charge in [0.15, 0.2) is 0 Å². The number of fused-ring (bicyclic) bond motifs is 7. The second-order valence-electron chi connectivity index (χ2n) is 7.13. The van der Waals surface area contributed by atoms with Crippen LogP contribution in [0.3, 0.4) is 0 Å². The third kappa shape index (κ3) is 2.26. The second-order valence-corrected chi connectivity index (χ2v) is 7.13. The molecule has 1 heterocycles. The van der Waals surface area contributed by atoms with Crippen molar-refractivity contribution in [2.24, 2.45) is 0 Å². The summed E-state index contributed by atoms with van der Waals surface area (Å²) in [5.41, 5.74) is 4.75. The van der Waals surface area contributed by atoms with Gasteiger partial charge in [0, 0.05) is 18.1 Å². The number of hydrogen-bond acceptors (Lipinski definition) is 2. The van der Waals surface area contributed by atoms with Crippen molar-refractivity contribution in [3.63, 3.8) is 0 Å². The molecule has 0 fully saturated rings. The van der Waals surface area contributed by atoms with Crippen molar-refractivity contribution >= 4 is 21.5 Å². The highest BCUT2D eigenvalue weighted by Crippen LogP contribution is 2.47. The Bertz CT molecular complexity index is 1080. The molecule has 4 aromatic rings. The lowest BCUT2D eigenvalue weighted by Gasteiger charge is -2.14. The molecule has 0 amide bonds. The Morgan fingerprint density at radius 3 is 1.54 bits per heavy atom. The number of aryl methyl sites for hydroxylation is 2. The molecule has 26 heavy (non-hydrogen) atoms. The van der Waals surface area contributed by atoms with Crippen molar-refractivity contribution in [2.75, 3.05) is 0 Å². The molecule has 2 nitrogen and oxygen atoms in total. The molecule has 128 valence electrons. The van der Waals surface area contributed by atoms with Crippen molar-refractivity contribution < 1.29 is 9.47 Å². The molecule has 0 aliphatic carbocycles. The summed E-state index contributed by atoms with van der Waals surface area (Å²) >= 11 is 0. The molecule has 0 spiro atoms. The summed E-state index contributed by atoms with van der Waals surface area (Å²) in [4.78, 5) is 0. The first-order valence-electron chi connectivity index (χ1n) is 9.00. The van der Waals surface area contributed by atoms with E-state index in [1.807, 2.05) is 6.92 Å². The molecule has 5 rings (SSSR count). The van der Waals surface area contributed by atoms with E-state index in [4.69, 9.17) is 9.47 Å². The highest BCUT2D eigenvalue weighted by Gasteiger charge is 2.24. The maximum absolute atomic E-state index is 6.13. The van der Waals surface area contributed by atoms with Crippen molar-refractivity contribution in [3.05, 3.63) is 71.8 Å². The fourth-order valence-corrected chi connectivity index (χ4v) is 3.95. The highest BCUT2D eigenvalue weighted by molar-refractivity contribution is 6.10. The van der Waals surface area contributed by atoms with Crippen molar-refractivity contribution in [3.8, 4) is 22.6 Å². The van der Waals surface area contributed by atoms with Gasteiger partial charge in [-0.2, -0.15) is 0 Å². The van der Waals surface area contributed by atoms with Gasteiger partial charge in [0.1, 0.15) is 11.5 Å². The lowest BCUT2D eigenvalue weighted by molar-refractivity contribution is 0.0264. The molecule has 4 aromatic carbocycles. The predicted octanol–water partition coefficient (Wildman–Crippen LogP) is 6.39. The van der Waals surface area contributed by atoms with Crippen LogP contribution in [0.4, 0.5) is 0 Å². The van der Waals surface area contributed by atoms with E-state index >= 15 is 0 Å². The molecule has 0 unspecified atom stereocenters. The molecule has 0 radical (unpaired) electrons. The lowest BCUT2D eigenvalue weighted by Crippen LogP contribution is -2.18. The Morgan fingerprint density at radius 1 is 0.615 bits per heavy atom. The zero-order valence-corrected chi connectivity index (χ0v) is 15.2. The van der Waals surface area contributed by atoms with Gasteiger partial charge < -0.3 is 9.47 Å². The van der Waals surface area contributed by atoms with E-state index in [1.54, 1.807) is 0 Å². The summed E-state index contributed by atoms with van der Waals surface area (Å²) in [6, 6.07) is 21.6. The molecule has 0 N–H and O–H groups in total. The quantitative estimate of drug-likeness (QED) is 0.369. The largest absolute Gasteiger partial charge is 0.455 e. The van der Waals surface area contributed by atoms with Gasteiger partial charge in [-0.25, -0.2) is 0 Å². The summed E-state index contributed by atoms with van der Waals surface area (Å²) in [6.45, 7) is 6.19. The van der Waals surface area contributed by atoms with Crippen molar-refractivity contribution in [2.45, 2.75) is 27.1 Å². The number of rotatable bonds is 0. The molecule has 1 aliphatic rings. The van der Waals surface area contributed by atoms with Crippen LogP contribution >= 0.6 is 0 Å². The number of benzene rings is 4. The minimum atomic E-state index is -0.333. The monoisotopic (exact) mass is 340 g/mol. The van der Waals surface area contributed by atoms with Gasteiger partial charge in [0.25, 0.3) is 0 Å². The van der Waals surface area contributed by atoms with Gasteiger partial charge in [-0.3, -0.25) is 0 Å². The Morgan fingerprint density at radius 2 is 1.08 bits per heavy atom. The average molecular weight is 340 g/mol. The Labute approximate surface area is 153 Å². The average Bonchev–Trinajstić information content (AvgIpc) is 2.76. The zero-order chi connectivity index (χ0) is 17.8. The fourth-order valence-electron chi connectivity index (χ4n) is 3.95. The summed E-state index contributed by atoms with van der Waals surface area (Å²) in [5, 5.41) is 4.83. The maximum Gasteiger partial charge on any atom is 0.238 e. The van der Waals surface area contributed by atoms with Crippen LogP contribution < -0.4 is 9.47 Å². The molecular weight excluding hydrogens is 320 g/mol. The van der Waals surface area contributed by atoms with Gasteiger partial charge >= 0.3 is 0 Å². The van der Waals surface area contributed by atoms with Crippen LogP contribution in [-0.4, -0.2) is 6.29 Å². The minimum Gasteiger partial charge on any atom is -0.455 e. The van der Waals surface area contributed by atoms with E-state index in [2.05, 4.69) is 74.5 Å². The summed E-state index contributed by atoms with van der Waals surface area (Å²) in [6.07, 6.45) is -0.333. The summed E-state index contributed by atoms with van der Waals surface area (Å²) in [5.74, 6) is 1.75. The first-order valence-corrected chi connectivity index (χ1v) is 9.00. The third-order valence-electron chi connectivity index (χ3n) is 5.11. The number of ether oxygens (including phenoxy) is 2. The summed E-state index contributed by atoms with van der Waals surface area (Å²) < 4.78 is 12.3. The topological polar surface area (TPSA) is 18.5 Å². The van der Waals surface area contributed by atoms with Crippen LogP contribution in [0.1, 0.15) is 18.1 Å². The first kappa shape index (κ1) is 15.3. The molecule has 0 saturated carbocycles. The molecule has 2 heteroatoms. The molecule has 0 bridgehead atoms. The smallest absolute Gasteiger partial charge is 0.238 e. The summed E-state index contributed by atoms with van der Waals surface area (Å²) in [7, 11) is 0. The minimum absolute atomic E-state index is 0.333. The molecular formula is C24H20O2. The number of hydrogen-bond donors (Lipinski definition) is 0. The molecule has 0 saturated heterocycles. The molecule has 1 aliphatic heterocycles. The van der Waals surface area contributed by atoms with Crippen LogP contribution in [0.25, 0.3) is 32.7 Å². The van der Waals surface area contributed by atoms with Crippen LogP contribution in [-0.2, 0) is 0 Å². The van der Waals surface area contributed by atoms with E-state index < -0.39 is 0 Å². The second kappa shape index (κ2) is 5.50. The fraction of sp³-hybridized carbons (Fsp3) is 0.167. The lowest BCUT2D eigenvalue weighted by atomic mass is 9.91. The van der Waals surface area contributed by atoms with Gasteiger partial charge in [-0.1, -0.05) is 59.7 Å². The van der Waals surface area contributed by atoms with Gasteiger partial charge in [-0.15, -0.1) is 0 Å². The Balaban J connectivity index is 1.97.